The van der Waals surface area contributed by atoms with E-state index in [9.17, 15) is 13.9 Å². The van der Waals surface area contributed by atoms with Gasteiger partial charge in [0.1, 0.15) is 17.7 Å². The van der Waals surface area contributed by atoms with Crippen LogP contribution in [0.3, 0.4) is 0 Å². The minimum absolute atomic E-state index is 0.287. The van der Waals surface area contributed by atoms with Crippen molar-refractivity contribution in [3.63, 3.8) is 0 Å². The van der Waals surface area contributed by atoms with E-state index in [0.29, 0.717) is 12.5 Å². The highest BCUT2D eigenvalue weighted by Gasteiger charge is 2.21. The first kappa shape index (κ1) is 24.5. The molecule has 180 valence electrons. The second-order valence-electron chi connectivity index (χ2n) is 9.14. The molecule has 1 saturated heterocycles. The number of rotatable bonds is 10. The summed E-state index contributed by atoms with van der Waals surface area (Å²) in [7, 11) is 0. The summed E-state index contributed by atoms with van der Waals surface area (Å²) < 4.78 is 33.1. The molecule has 1 heterocycles. The summed E-state index contributed by atoms with van der Waals surface area (Å²) >= 11 is 0. The molecule has 1 aliphatic rings. The average molecular weight is 466 g/mol. The molecule has 34 heavy (non-hydrogen) atoms. The minimum atomic E-state index is -0.415. The van der Waals surface area contributed by atoms with E-state index in [1.54, 1.807) is 24.3 Å². The Bertz CT molecular complexity index is 941. The van der Waals surface area contributed by atoms with E-state index < -0.39 is 6.10 Å². The third-order valence-electron chi connectivity index (χ3n) is 6.77. The summed E-state index contributed by atoms with van der Waals surface area (Å²) in [5.74, 6) is 0.0201. The minimum Gasteiger partial charge on any atom is -0.388 e. The maximum atomic E-state index is 13.4. The number of aliphatic hydroxyl groups is 1. The van der Waals surface area contributed by atoms with E-state index in [1.807, 2.05) is 30.3 Å². The van der Waals surface area contributed by atoms with Crippen LogP contribution in [0.4, 0.5) is 8.78 Å². The Balaban J connectivity index is 1.23. The predicted octanol–water partition coefficient (Wildman–Crippen LogP) is 6.30. The van der Waals surface area contributed by atoms with Crippen LogP contribution in [0.25, 0.3) is 0 Å². The predicted molar refractivity (Wildman–Crippen MR) is 130 cm³/mol. The summed E-state index contributed by atoms with van der Waals surface area (Å²) in [6, 6.07) is 22.5. The normalized spacial score (nSPS) is 16.1. The Morgan fingerprint density at radius 1 is 0.794 bits per heavy atom. The number of benzene rings is 3. The number of likely N-dealkylation sites (tertiary alicyclic amines) is 1. The summed E-state index contributed by atoms with van der Waals surface area (Å²) in [6.45, 7) is 3.56. The second-order valence-corrected chi connectivity index (χ2v) is 9.14. The maximum absolute atomic E-state index is 13.4. The van der Waals surface area contributed by atoms with Gasteiger partial charge in [0.15, 0.2) is 0 Å². The SMILES string of the molecule is O[C@@H](CCN1CCC(CCOC(c2ccc(F)cc2)c2ccc(F)cc2)CC1)c1ccccc1. The van der Waals surface area contributed by atoms with Crippen LogP contribution < -0.4 is 0 Å². The zero-order chi connectivity index (χ0) is 23.8. The average Bonchev–Trinajstić information content (AvgIpc) is 2.88. The highest BCUT2D eigenvalue weighted by Crippen LogP contribution is 2.29. The lowest BCUT2D eigenvalue weighted by Gasteiger charge is -2.32. The molecule has 0 aromatic heterocycles. The van der Waals surface area contributed by atoms with Crippen LogP contribution in [0.2, 0.25) is 0 Å². The van der Waals surface area contributed by atoms with Crippen LogP contribution in [0, 0.1) is 17.6 Å². The lowest BCUT2D eigenvalue weighted by molar-refractivity contribution is 0.0583. The molecule has 0 amide bonds. The number of hydrogen-bond donors (Lipinski definition) is 1. The van der Waals surface area contributed by atoms with Crippen molar-refractivity contribution in [1.82, 2.24) is 4.90 Å². The Kier molecular flexibility index (Phi) is 8.80. The van der Waals surface area contributed by atoms with Crippen molar-refractivity contribution in [1.29, 1.82) is 0 Å². The first-order chi connectivity index (χ1) is 16.6. The summed E-state index contributed by atoms with van der Waals surface area (Å²) in [5.41, 5.74) is 2.70. The Morgan fingerprint density at radius 3 is 1.91 bits per heavy atom. The summed E-state index contributed by atoms with van der Waals surface area (Å²) in [6.07, 6.45) is 3.17. The molecule has 1 atom stereocenters. The molecule has 3 aromatic rings. The highest BCUT2D eigenvalue weighted by atomic mass is 19.1. The fraction of sp³-hybridized carbons (Fsp3) is 0.379. The van der Waals surface area contributed by atoms with E-state index in [-0.39, 0.29) is 17.7 Å². The van der Waals surface area contributed by atoms with Crippen molar-refractivity contribution in [2.75, 3.05) is 26.2 Å². The van der Waals surface area contributed by atoms with Gasteiger partial charge in [-0.05, 0) is 85.6 Å². The van der Waals surface area contributed by atoms with Crippen molar-refractivity contribution in [2.24, 2.45) is 5.92 Å². The van der Waals surface area contributed by atoms with Crippen LogP contribution in [0.15, 0.2) is 78.9 Å². The molecule has 0 radical (unpaired) electrons. The van der Waals surface area contributed by atoms with Crippen molar-refractivity contribution >= 4 is 0 Å². The van der Waals surface area contributed by atoms with E-state index >= 15 is 0 Å². The van der Waals surface area contributed by atoms with Crippen molar-refractivity contribution in [3.8, 4) is 0 Å². The highest BCUT2D eigenvalue weighted by molar-refractivity contribution is 5.30. The van der Waals surface area contributed by atoms with Gasteiger partial charge in [0, 0.05) is 13.2 Å². The number of ether oxygens (including phenoxy) is 1. The molecule has 1 aliphatic heterocycles. The summed E-state index contributed by atoms with van der Waals surface area (Å²) in [4.78, 5) is 2.43. The maximum Gasteiger partial charge on any atom is 0.123 e. The third-order valence-corrected chi connectivity index (χ3v) is 6.77. The molecule has 0 unspecified atom stereocenters. The molecule has 0 spiro atoms. The molecular weight excluding hydrogens is 432 g/mol. The molecule has 1 N–H and O–H groups in total. The Morgan fingerprint density at radius 2 is 1.35 bits per heavy atom. The molecule has 0 saturated carbocycles. The van der Waals surface area contributed by atoms with Gasteiger partial charge in [0.2, 0.25) is 0 Å². The molecule has 0 bridgehead atoms. The molecule has 5 heteroatoms. The molecule has 1 fully saturated rings. The lowest BCUT2D eigenvalue weighted by Crippen LogP contribution is -2.35. The quantitative estimate of drug-likeness (QED) is 0.382. The third kappa shape index (κ3) is 6.95. The lowest BCUT2D eigenvalue weighted by atomic mass is 9.93. The van der Waals surface area contributed by atoms with Gasteiger partial charge in [-0.3, -0.25) is 0 Å². The second kappa shape index (κ2) is 12.2. The Hall–Kier alpha value is -2.60. The van der Waals surface area contributed by atoms with Crippen LogP contribution in [-0.4, -0.2) is 36.2 Å². The van der Waals surface area contributed by atoms with Crippen LogP contribution in [-0.2, 0) is 4.74 Å². The van der Waals surface area contributed by atoms with Crippen LogP contribution in [0.5, 0.6) is 0 Å². The molecule has 4 rings (SSSR count). The van der Waals surface area contributed by atoms with Crippen LogP contribution >= 0.6 is 0 Å². The van der Waals surface area contributed by atoms with Gasteiger partial charge in [-0.1, -0.05) is 54.6 Å². The zero-order valence-corrected chi connectivity index (χ0v) is 19.5. The molecule has 3 aromatic carbocycles. The largest absolute Gasteiger partial charge is 0.388 e. The van der Waals surface area contributed by atoms with Crippen molar-refractivity contribution < 1.29 is 18.6 Å². The van der Waals surface area contributed by atoms with Gasteiger partial charge in [0.25, 0.3) is 0 Å². The fourth-order valence-electron chi connectivity index (χ4n) is 4.66. The Labute approximate surface area is 201 Å². The van der Waals surface area contributed by atoms with Gasteiger partial charge < -0.3 is 14.7 Å². The zero-order valence-electron chi connectivity index (χ0n) is 19.5. The number of halogens is 2. The van der Waals surface area contributed by atoms with Crippen molar-refractivity contribution in [3.05, 3.63) is 107 Å². The number of aliphatic hydroxyl groups excluding tert-OH is 1. The van der Waals surface area contributed by atoms with Gasteiger partial charge in [-0.25, -0.2) is 8.78 Å². The van der Waals surface area contributed by atoms with E-state index in [1.165, 1.54) is 24.3 Å². The molecular formula is C29H33F2NO2. The number of piperidine rings is 1. The number of nitrogens with zero attached hydrogens (tertiary/aromatic N) is 1. The molecule has 0 aliphatic carbocycles. The van der Waals surface area contributed by atoms with Crippen molar-refractivity contribution in [2.45, 2.75) is 37.9 Å². The van der Waals surface area contributed by atoms with Gasteiger partial charge in [-0.2, -0.15) is 0 Å². The van der Waals surface area contributed by atoms with E-state index in [2.05, 4.69) is 4.90 Å². The monoisotopic (exact) mass is 465 g/mol. The first-order valence-electron chi connectivity index (χ1n) is 12.2. The molecule has 3 nitrogen and oxygen atoms in total. The van der Waals surface area contributed by atoms with Gasteiger partial charge in [-0.15, -0.1) is 0 Å². The summed E-state index contributed by atoms with van der Waals surface area (Å²) in [5, 5.41) is 10.4. The first-order valence-corrected chi connectivity index (χ1v) is 12.2. The van der Waals surface area contributed by atoms with E-state index in [0.717, 1.165) is 62.0 Å². The van der Waals surface area contributed by atoms with E-state index in [4.69, 9.17) is 4.74 Å². The van der Waals surface area contributed by atoms with Crippen LogP contribution in [0.1, 0.15) is 54.6 Å². The standard InChI is InChI=1S/C29H33F2NO2/c30-26-10-6-24(7-11-26)29(25-8-12-27(31)13-9-25)34-21-17-22-14-18-32(19-15-22)20-16-28(33)23-4-2-1-3-5-23/h1-13,22,28-29,33H,14-21H2/t28-/m0/s1. The van der Waals surface area contributed by atoms with Gasteiger partial charge >= 0.3 is 0 Å². The topological polar surface area (TPSA) is 32.7 Å². The fourth-order valence-corrected chi connectivity index (χ4v) is 4.66. The number of hydrogen-bond acceptors (Lipinski definition) is 3. The smallest absolute Gasteiger partial charge is 0.123 e. The van der Waals surface area contributed by atoms with Gasteiger partial charge in [0.05, 0.1) is 6.10 Å².